The summed E-state index contributed by atoms with van der Waals surface area (Å²) < 4.78 is 35.6. The molecule has 0 bridgehead atoms. The summed E-state index contributed by atoms with van der Waals surface area (Å²) in [4.78, 5) is 0. The third-order valence-electron chi connectivity index (χ3n) is 1.88. The average Bonchev–Trinajstić information content (AvgIpc) is 2.30. The van der Waals surface area contributed by atoms with E-state index in [1.807, 2.05) is 25.2 Å². The first-order valence-corrected chi connectivity index (χ1v) is 5.32. The Hall–Kier alpha value is -1.91. The fourth-order valence-corrected chi connectivity index (χ4v) is 0.965. The van der Waals surface area contributed by atoms with Crippen LogP contribution in [0, 0.1) is 0 Å². The number of nitrogen functional groups attached to an aromatic ring is 1. The van der Waals surface area contributed by atoms with Crippen molar-refractivity contribution in [3.8, 4) is 0 Å². The second-order valence-corrected chi connectivity index (χ2v) is 3.35. The average molecular weight is 258 g/mol. The number of anilines is 1. The second kappa shape index (κ2) is 8.22. The summed E-state index contributed by atoms with van der Waals surface area (Å²) >= 11 is 0. The normalized spacial score (nSPS) is 11.6. The van der Waals surface area contributed by atoms with Crippen molar-refractivity contribution >= 4 is 5.69 Å². The third kappa shape index (κ3) is 7.38. The molecule has 5 heteroatoms. The highest BCUT2D eigenvalue weighted by molar-refractivity contribution is 5.39. The maximum atomic E-state index is 11.9. The summed E-state index contributed by atoms with van der Waals surface area (Å²) in [7, 11) is 0. The molecule has 0 spiro atoms. The van der Waals surface area contributed by atoms with Gasteiger partial charge in [0.1, 0.15) is 0 Å². The topological polar surface area (TPSA) is 52.0 Å². The van der Waals surface area contributed by atoms with E-state index in [1.54, 1.807) is 6.20 Å². The number of hydrogen-bond donors (Lipinski definition) is 2. The highest BCUT2D eigenvalue weighted by atomic mass is 19.4. The molecule has 0 amide bonds. The Morgan fingerprint density at radius 3 is 2.06 bits per heavy atom. The standard InChI is InChI=1S/C7H6F3N.C6H11N/c8-7(9,10)5-1-3-6(11)4-2-5;1-2-3-4-5-6-7/h1-4H,11H2;2-3,5-6H,4,7H2,1H3/b;3-2-,6-5?. The highest BCUT2D eigenvalue weighted by Gasteiger charge is 2.29. The highest BCUT2D eigenvalue weighted by Crippen LogP contribution is 2.29. The van der Waals surface area contributed by atoms with Crippen LogP contribution in [0.15, 0.2) is 48.7 Å². The Balaban J connectivity index is 0.000000360. The summed E-state index contributed by atoms with van der Waals surface area (Å²) in [5, 5.41) is 0. The van der Waals surface area contributed by atoms with Crippen LogP contribution >= 0.6 is 0 Å². The van der Waals surface area contributed by atoms with Gasteiger partial charge in [0.05, 0.1) is 5.56 Å². The van der Waals surface area contributed by atoms with Gasteiger partial charge in [-0.2, -0.15) is 13.2 Å². The molecule has 0 aromatic heterocycles. The van der Waals surface area contributed by atoms with Crippen LogP contribution in [-0.2, 0) is 6.18 Å². The molecule has 0 heterocycles. The number of benzene rings is 1. The zero-order chi connectivity index (χ0) is 14.0. The van der Waals surface area contributed by atoms with Crippen molar-refractivity contribution in [2.45, 2.75) is 19.5 Å². The zero-order valence-electron chi connectivity index (χ0n) is 10.1. The van der Waals surface area contributed by atoms with Gasteiger partial charge in [0.25, 0.3) is 0 Å². The van der Waals surface area contributed by atoms with Crippen molar-refractivity contribution in [2.24, 2.45) is 5.73 Å². The summed E-state index contributed by atoms with van der Waals surface area (Å²) in [6.07, 6.45) is 4.18. The van der Waals surface area contributed by atoms with E-state index >= 15 is 0 Å². The van der Waals surface area contributed by atoms with E-state index < -0.39 is 11.7 Å². The fourth-order valence-electron chi connectivity index (χ4n) is 0.965. The lowest BCUT2D eigenvalue weighted by molar-refractivity contribution is -0.137. The van der Waals surface area contributed by atoms with Crippen molar-refractivity contribution in [1.82, 2.24) is 0 Å². The summed E-state index contributed by atoms with van der Waals surface area (Å²) in [6, 6.07) is 4.36. The fraction of sp³-hybridized carbons (Fsp3) is 0.231. The number of allylic oxidation sites excluding steroid dienone is 3. The van der Waals surface area contributed by atoms with Crippen LogP contribution in [0.3, 0.4) is 0 Å². The van der Waals surface area contributed by atoms with E-state index in [0.717, 1.165) is 18.6 Å². The van der Waals surface area contributed by atoms with Gasteiger partial charge in [0, 0.05) is 5.69 Å². The number of hydrogen-bond acceptors (Lipinski definition) is 2. The number of halogens is 3. The first-order valence-electron chi connectivity index (χ1n) is 5.32. The minimum absolute atomic E-state index is 0.331. The van der Waals surface area contributed by atoms with Crippen LogP contribution in [0.4, 0.5) is 18.9 Å². The molecule has 0 aliphatic heterocycles. The monoisotopic (exact) mass is 258 g/mol. The van der Waals surface area contributed by atoms with E-state index in [9.17, 15) is 13.2 Å². The van der Waals surface area contributed by atoms with E-state index in [0.29, 0.717) is 5.69 Å². The number of nitrogens with two attached hydrogens (primary N) is 2. The molecule has 0 fully saturated rings. The molecule has 4 N–H and O–H groups in total. The minimum atomic E-state index is -4.27. The van der Waals surface area contributed by atoms with Gasteiger partial charge in [-0.05, 0) is 43.8 Å². The van der Waals surface area contributed by atoms with Gasteiger partial charge in [-0.15, -0.1) is 0 Å². The van der Waals surface area contributed by atoms with Gasteiger partial charge >= 0.3 is 6.18 Å². The second-order valence-electron chi connectivity index (χ2n) is 3.35. The lowest BCUT2D eigenvalue weighted by Gasteiger charge is -2.05. The van der Waals surface area contributed by atoms with Gasteiger partial charge in [0.15, 0.2) is 0 Å². The summed E-state index contributed by atoms with van der Waals surface area (Å²) in [6.45, 7) is 1.99. The molecule has 1 aromatic carbocycles. The Morgan fingerprint density at radius 2 is 1.67 bits per heavy atom. The van der Waals surface area contributed by atoms with E-state index in [-0.39, 0.29) is 0 Å². The van der Waals surface area contributed by atoms with E-state index in [1.165, 1.54) is 12.1 Å². The zero-order valence-corrected chi connectivity index (χ0v) is 10.1. The van der Waals surface area contributed by atoms with Crippen molar-refractivity contribution < 1.29 is 13.2 Å². The molecule has 2 nitrogen and oxygen atoms in total. The maximum absolute atomic E-state index is 11.9. The Kier molecular flexibility index (Phi) is 7.35. The van der Waals surface area contributed by atoms with Crippen LogP contribution in [0.1, 0.15) is 18.9 Å². The molecule has 0 atom stereocenters. The van der Waals surface area contributed by atoms with Crippen LogP contribution in [-0.4, -0.2) is 0 Å². The third-order valence-corrected chi connectivity index (χ3v) is 1.88. The Bertz CT molecular complexity index is 368. The summed E-state index contributed by atoms with van der Waals surface area (Å²) in [5.41, 5.74) is 9.91. The summed E-state index contributed by atoms with van der Waals surface area (Å²) in [5.74, 6) is 0. The molecule has 0 radical (unpaired) electrons. The quantitative estimate of drug-likeness (QED) is 0.627. The number of rotatable bonds is 2. The van der Waals surface area contributed by atoms with Gasteiger partial charge in [0.2, 0.25) is 0 Å². The molecule has 0 saturated heterocycles. The molecular weight excluding hydrogens is 241 g/mol. The van der Waals surface area contributed by atoms with Crippen molar-refractivity contribution in [2.75, 3.05) is 5.73 Å². The predicted octanol–water partition coefficient (Wildman–Crippen LogP) is 3.71. The first-order chi connectivity index (χ1) is 8.41. The molecule has 18 heavy (non-hydrogen) atoms. The lowest BCUT2D eigenvalue weighted by Crippen LogP contribution is -2.04. The molecule has 0 aliphatic carbocycles. The Labute approximate surface area is 105 Å². The largest absolute Gasteiger partial charge is 0.416 e. The molecule has 1 rings (SSSR count). The first kappa shape index (κ1) is 16.1. The minimum Gasteiger partial charge on any atom is -0.405 e. The van der Waals surface area contributed by atoms with Gasteiger partial charge in [-0.3, -0.25) is 0 Å². The molecule has 0 saturated carbocycles. The Morgan fingerprint density at radius 1 is 1.11 bits per heavy atom. The number of alkyl halides is 3. The smallest absolute Gasteiger partial charge is 0.405 e. The lowest BCUT2D eigenvalue weighted by atomic mass is 10.2. The molecule has 1 aromatic rings. The maximum Gasteiger partial charge on any atom is 0.416 e. The van der Waals surface area contributed by atoms with Crippen LogP contribution in [0.25, 0.3) is 0 Å². The van der Waals surface area contributed by atoms with Gasteiger partial charge in [-0.25, -0.2) is 0 Å². The van der Waals surface area contributed by atoms with Gasteiger partial charge in [-0.1, -0.05) is 18.2 Å². The molecule has 0 unspecified atom stereocenters. The van der Waals surface area contributed by atoms with Crippen molar-refractivity contribution in [1.29, 1.82) is 0 Å². The van der Waals surface area contributed by atoms with E-state index in [4.69, 9.17) is 11.5 Å². The van der Waals surface area contributed by atoms with Crippen molar-refractivity contribution in [3.05, 3.63) is 54.3 Å². The SMILES string of the molecule is C/C=C\CC=CN.Nc1ccc(C(F)(F)F)cc1. The van der Waals surface area contributed by atoms with Crippen LogP contribution in [0.2, 0.25) is 0 Å². The van der Waals surface area contributed by atoms with E-state index in [2.05, 4.69) is 0 Å². The molecule has 100 valence electrons. The molecule has 0 aliphatic rings. The molecular formula is C13H17F3N2. The van der Waals surface area contributed by atoms with Gasteiger partial charge < -0.3 is 11.5 Å². The predicted molar refractivity (Wildman–Crippen MR) is 68.6 cm³/mol. The van der Waals surface area contributed by atoms with Crippen LogP contribution < -0.4 is 11.5 Å². The van der Waals surface area contributed by atoms with Crippen molar-refractivity contribution in [3.63, 3.8) is 0 Å². The van der Waals surface area contributed by atoms with Crippen LogP contribution in [0.5, 0.6) is 0 Å².